The first kappa shape index (κ1) is 14.1. The van der Waals surface area contributed by atoms with Gasteiger partial charge < -0.3 is 5.32 Å². The van der Waals surface area contributed by atoms with Crippen LogP contribution < -0.4 is 5.32 Å². The molecule has 0 saturated carbocycles. The van der Waals surface area contributed by atoms with Crippen LogP contribution in [0.4, 0.5) is 4.39 Å². The molecule has 17 heavy (non-hydrogen) atoms. The van der Waals surface area contributed by atoms with Crippen molar-refractivity contribution < 1.29 is 12.8 Å². The molecule has 0 spiro atoms. The molecule has 0 aliphatic carbocycles. The minimum Gasteiger partial charge on any atom is -0.316 e. The summed E-state index contributed by atoms with van der Waals surface area (Å²) in [5.74, 6) is -0.525. The molecule has 0 amide bonds. The normalized spacial score (nSPS) is 13.6. The van der Waals surface area contributed by atoms with Crippen LogP contribution in [0.3, 0.4) is 0 Å². The van der Waals surface area contributed by atoms with E-state index in [0.29, 0.717) is 0 Å². The molecule has 0 heterocycles. The highest BCUT2D eigenvalue weighted by atomic mass is 32.2. The second kappa shape index (κ2) is 6.12. The molecule has 3 nitrogen and oxygen atoms in total. The third kappa shape index (κ3) is 4.09. The number of nitrogens with one attached hydrogen (secondary N) is 1. The summed E-state index contributed by atoms with van der Waals surface area (Å²) in [5, 5.41) is 2.97. The van der Waals surface area contributed by atoms with E-state index >= 15 is 0 Å². The molecule has 1 N–H and O–H groups in total. The first-order valence-corrected chi connectivity index (χ1v) is 7.30. The molecule has 0 radical (unpaired) electrons. The summed E-state index contributed by atoms with van der Waals surface area (Å²) in [6, 6.07) is 5.05. The van der Waals surface area contributed by atoms with Crippen LogP contribution in [0.25, 0.3) is 0 Å². The van der Waals surface area contributed by atoms with Crippen molar-refractivity contribution in [2.75, 3.05) is 12.8 Å². The summed E-state index contributed by atoms with van der Waals surface area (Å²) in [6.07, 6.45) is 1.69. The SMILES string of the molecule is CCCC(CS(=O)(=O)c1cccc(F)c1)NC. The van der Waals surface area contributed by atoms with Crippen LogP contribution in [-0.4, -0.2) is 27.3 Å². The maximum atomic E-state index is 13.0. The van der Waals surface area contributed by atoms with Crippen molar-refractivity contribution in [2.45, 2.75) is 30.7 Å². The van der Waals surface area contributed by atoms with Crippen molar-refractivity contribution in [3.05, 3.63) is 30.1 Å². The van der Waals surface area contributed by atoms with Crippen LogP contribution in [0, 0.1) is 5.82 Å². The van der Waals surface area contributed by atoms with Gasteiger partial charge in [0.25, 0.3) is 0 Å². The van der Waals surface area contributed by atoms with Crippen LogP contribution >= 0.6 is 0 Å². The van der Waals surface area contributed by atoms with Gasteiger partial charge in [0.2, 0.25) is 0 Å². The van der Waals surface area contributed by atoms with E-state index in [0.717, 1.165) is 18.9 Å². The molecule has 96 valence electrons. The Morgan fingerprint density at radius 3 is 2.65 bits per heavy atom. The largest absolute Gasteiger partial charge is 0.316 e. The number of sulfone groups is 1. The summed E-state index contributed by atoms with van der Waals surface area (Å²) in [4.78, 5) is 0.0499. The third-order valence-electron chi connectivity index (χ3n) is 2.62. The van der Waals surface area contributed by atoms with Gasteiger partial charge in [0.1, 0.15) is 5.82 Å². The van der Waals surface area contributed by atoms with Crippen LogP contribution in [0.15, 0.2) is 29.2 Å². The first-order valence-electron chi connectivity index (χ1n) is 5.65. The first-order chi connectivity index (χ1) is 7.99. The topological polar surface area (TPSA) is 46.2 Å². The fourth-order valence-electron chi connectivity index (χ4n) is 1.68. The lowest BCUT2D eigenvalue weighted by molar-refractivity contribution is 0.535. The number of halogens is 1. The molecular formula is C12H18FNO2S. The average Bonchev–Trinajstić information content (AvgIpc) is 2.28. The fraction of sp³-hybridized carbons (Fsp3) is 0.500. The Hall–Kier alpha value is -0.940. The van der Waals surface area contributed by atoms with E-state index in [2.05, 4.69) is 5.32 Å². The van der Waals surface area contributed by atoms with Crippen LogP contribution in [-0.2, 0) is 9.84 Å². The average molecular weight is 259 g/mol. The Morgan fingerprint density at radius 1 is 1.41 bits per heavy atom. The Morgan fingerprint density at radius 2 is 2.12 bits per heavy atom. The maximum Gasteiger partial charge on any atom is 0.180 e. The van der Waals surface area contributed by atoms with Gasteiger partial charge in [0.15, 0.2) is 9.84 Å². The lowest BCUT2D eigenvalue weighted by atomic mass is 10.2. The molecular weight excluding hydrogens is 241 g/mol. The summed E-state index contributed by atoms with van der Waals surface area (Å²) < 4.78 is 37.0. The number of hydrogen-bond acceptors (Lipinski definition) is 3. The predicted molar refractivity (Wildman–Crippen MR) is 66.2 cm³/mol. The van der Waals surface area contributed by atoms with Gasteiger partial charge in [-0.25, -0.2) is 12.8 Å². The van der Waals surface area contributed by atoms with Crippen LogP contribution in [0.1, 0.15) is 19.8 Å². The van der Waals surface area contributed by atoms with Gasteiger partial charge in [-0.1, -0.05) is 19.4 Å². The molecule has 1 unspecified atom stereocenters. The van der Waals surface area contributed by atoms with Gasteiger partial charge in [-0.05, 0) is 31.7 Å². The minimum atomic E-state index is -3.42. The highest BCUT2D eigenvalue weighted by molar-refractivity contribution is 7.91. The molecule has 0 aliphatic heterocycles. The minimum absolute atomic E-state index is 0.000787. The van der Waals surface area contributed by atoms with Gasteiger partial charge in [0, 0.05) is 6.04 Å². The zero-order valence-electron chi connectivity index (χ0n) is 10.1. The van der Waals surface area contributed by atoms with Gasteiger partial charge in [0.05, 0.1) is 10.6 Å². The highest BCUT2D eigenvalue weighted by Crippen LogP contribution is 2.14. The molecule has 0 saturated heterocycles. The smallest absolute Gasteiger partial charge is 0.180 e. The van der Waals surface area contributed by atoms with E-state index in [1.165, 1.54) is 18.2 Å². The van der Waals surface area contributed by atoms with E-state index in [9.17, 15) is 12.8 Å². The summed E-state index contributed by atoms with van der Waals surface area (Å²) in [6.45, 7) is 2.00. The molecule has 1 aromatic carbocycles. The van der Waals surface area contributed by atoms with E-state index in [1.807, 2.05) is 6.92 Å². The van der Waals surface area contributed by atoms with Crippen molar-refractivity contribution in [2.24, 2.45) is 0 Å². The number of rotatable bonds is 6. The van der Waals surface area contributed by atoms with E-state index < -0.39 is 15.7 Å². The molecule has 1 atom stereocenters. The fourth-order valence-corrected chi connectivity index (χ4v) is 3.31. The van der Waals surface area contributed by atoms with Crippen molar-refractivity contribution in [3.8, 4) is 0 Å². The predicted octanol–water partition coefficient (Wildman–Crippen LogP) is 1.99. The van der Waals surface area contributed by atoms with Gasteiger partial charge in [-0.15, -0.1) is 0 Å². The van der Waals surface area contributed by atoms with Crippen LogP contribution in [0.2, 0.25) is 0 Å². The Bertz CT molecular complexity index is 459. The van der Waals surface area contributed by atoms with Gasteiger partial charge in [-0.2, -0.15) is 0 Å². The molecule has 0 aromatic heterocycles. The second-order valence-electron chi connectivity index (χ2n) is 4.01. The standard InChI is InChI=1S/C12H18FNO2S/c1-3-5-11(14-2)9-17(15,16)12-7-4-6-10(13)8-12/h4,6-8,11,14H,3,5,9H2,1-2H3. The molecule has 0 fully saturated rings. The lowest BCUT2D eigenvalue weighted by Gasteiger charge is -2.15. The quantitative estimate of drug-likeness (QED) is 0.850. The van der Waals surface area contributed by atoms with Crippen molar-refractivity contribution in [1.29, 1.82) is 0 Å². The monoisotopic (exact) mass is 259 g/mol. The molecule has 0 bridgehead atoms. The molecule has 1 aromatic rings. The van der Waals surface area contributed by atoms with Crippen LogP contribution in [0.5, 0.6) is 0 Å². The molecule has 1 rings (SSSR count). The lowest BCUT2D eigenvalue weighted by Crippen LogP contribution is -2.32. The second-order valence-corrected chi connectivity index (χ2v) is 6.05. The highest BCUT2D eigenvalue weighted by Gasteiger charge is 2.20. The van der Waals surface area contributed by atoms with Crippen molar-refractivity contribution in [1.82, 2.24) is 5.32 Å². The van der Waals surface area contributed by atoms with Gasteiger partial charge in [-0.3, -0.25) is 0 Å². The van der Waals surface area contributed by atoms with E-state index in [1.54, 1.807) is 7.05 Å². The molecule has 0 aliphatic rings. The Labute approximate surface area is 102 Å². The third-order valence-corrected chi connectivity index (χ3v) is 4.43. The zero-order valence-corrected chi connectivity index (χ0v) is 10.9. The van der Waals surface area contributed by atoms with Crippen molar-refractivity contribution in [3.63, 3.8) is 0 Å². The zero-order chi connectivity index (χ0) is 12.9. The summed E-state index contributed by atoms with van der Waals surface area (Å²) in [7, 11) is -1.68. The van der Waals surface area contributed by atoms with E-state index in [-0.39, 0.29) is 16.7 Å². The van der Waals surface area contributed by atoms with Crippen molar-refractivity contribution >= 4 is 9.84 Å². The number of hydrogen-bond donors (Lipinski definition) is 1. The summed E-state index contributed by atoms with van der Waals surface area (Å²) in [5.41, 5.74) is 0. The van der Waals surface area contributed by atoms with E-state index in [4.69, 9.17) is 0 Å². The Balaban J connectivity index is 2.88. The van der Waals surface area contributed by atoms with Gasteiger partial charge >= 0.3 is 0 Å². The number of benzene rings is 1. The maximum absolute atomic E-state index is 13.0. The summed E-state index contributed by atoms with van der Waals surface area (Å²) >= 11 is 0. The Kier molecular flexibility index (Phi) is 5.08. The molecule has 5 heteroatoms.